The second-order valence-electron chi connectivity index (χ2n) is 7.04. The first-order chi connectivity index (χ1) is 14.9. The number of aliphatic hydroxyl groups excluding tert-OH is 4. The zero-order valence-electron chi connectivity index (χ0n) is 16.3. The van der Waals surface area contributed by atoms with E-state index in [1.54, 1.807) is 25.5 Å². The Bertz CT molecular complexity index is 1060. The average molecular weight is 465 g/mol. The number of ketones is 1. The highest BCUT2D eigenvalue weighted by Gasteiger charge is 2.43. The Labute approximate surface area is 184 Å². The first-order valence-electron chi connectivity index (χ1n) is 9.42. The van der Waals surface area contributed by atoms with E-state index in [1.807, 2.05) is 0 Å². The molecule has 164 valence electrons. The third-order valence-corrected chi connectivity index (χ3v) is 7.13. The van der Waals surface area contributed by atoms with Crippen LogP contribution in [-0.2, 0) is 11.2 Å². The standard InChI is InChI=1S/C19H20N4O6S2/c1-8-18(31-19(23-8)9-5-20-2-3-21-9)16(27)12-6-22-13(30-12)4-10-14(25)17(28)15(26)11(7-24)29-10/h2-3,5-6,10-11,14-15,17,24-26,28H,4,7H2,1H3/t10-,11?,14?,15-,17?/m1/s1. The molecule has 5 atom stereocenters. The van der Waals surface area contributed by atoms with Gasteiger partial charge in [-0.25, -0.2) is 9.97 Å². The van der Waals surface area contributed by atoms with Crippen LogP contribution in [0.25, 0.3) is 10.7 Å². The van der Waals surface area contributed by atoms with E-state index in [1.165, 1.54) is 17.5 Å². The molecule has 10 nitrogen and oxygen atoms in total. The lowest BCUT2D eigenvalue weighted by atomic mass is 9.94. The molecule has 3 unspecified atom stereocenters. The van der Waals surface area contributed by atoms with Gasteiger partial charge in [0.05, 0.1) is 39.4 Å². The Morgan fingerprint density at radius 2 is 1.84 bits per heavy atom. The van der Waals surface area contributed by atoms with Gasteiger partial charge in [0.1, 0.15) is 35.1 Å². The van der Waals surface area contributed by atoms with E-state index in [0.717, 1.165) is 11.3 Å². The Morgan fingerprint density at radius 1 is 1.06 bits per heavy atom. The molecule has 1 saturated heterocycles. The predicted octanol–water partition coefficient (Wildman–Crippen LogP) is -0.0191. The van der Waals surface area contributed by atoms with Crippen molar-refractivity contribution in [3.63, 3.8) is 0 Å². The number of thiazole rings is 2. The molecule has 1 aliphatic rings. The van der Waals surface area contributed by atoms with Crippen LogP contribution in [0.4, 0.5) is 0 Å². The van der Waals surface area contributed by atoms with E-state index < -0.39 is 37.1 Å². The molecule has 0 saturated carbocycles. The number of nitrogens with zero attached hydrogens (tertiary/aromatic N) is 4. The highest BCUT2D eigenvalue weighted by molar-refractivity contribution is 7.19. The molecule has 1 fully saturated rings. The summed E-state index contributed by atoms with van der Waals surface area (Å²) in [5, 5.41) is 40.5. The van der Waals surface area contributed by atoms with E-state index in [2.05, 4.69) is 19.9 Å². The van der Waals surface area contributed by atoms with Gasteiger partial charge in [0.25, 0.3) is 0 Å². The number of aromatic nitrogens is 4. The van der Waals surface area contributed by atoms with Crippen LogP contribution >= 0.6 is 22.7 Å². The van der Waals surface area contributed by atoms with E-state index in [4.69, 9.17) is 4.74 Å². The first kappa shape index (κ1) is 22.0. The van der Waals surface area contributed by atoms with Gasteiger partial charge >= 0.3 is 0 Å². The fourth-order valence-corrected chi connectivity index (χ4v) is 5.22. The van der Waals surface area contributed by atoms with Crippen molar-refractivity contribution in [1.29, 1.82) is 0 Å². The molecule has 1 aliphatic heterocycles. The lowest BCUT2D eigenvalue weighted by molar-refractivity contribution is -0.228. The minimum atomic E-state index is -1.45. The summed E-state index contributed by atoms with van der Waals surface area (Å²) in [7, 11) is 0. The molecular formula is C19H20N4O6S2. The number of aliphatic hydroxyl groups is 4. The van der Waals surface area contributed by atoms with Gasteiger partial charge in [-0.2, -0.15) is 0 Å². The third kappa shape index (κ3) is 4.41. The lowest BCUT2D eigenvalue weighted by Gasteiger charge is -2.39. The zero-order valence-corrected chi connectivity index (χ0v) is 18.0. The van der Waals surface area contributed by atoms with Crippen molar-refractivity contribution in [1.82, 2.24) is 19.9 Å². The average Bonchev–Trinajstić information content (AvgIpc) is 3.41. The van der Waals surface area contributed by atoms with E-state index >= 15 is 0 Å². The van der Waals surface area contributed by atoms with Gasteiger partial charge in [0.2, 0.25) is 5.78 Å². The highest BCUT2D eigenvalue weighted by atomic mass is 32.1. The summed E-state index contributed by atoms with van der Waals surface area (Å²) < 4.78 is 5.51. The Hall–Kier alpha value is -2.19. The van der Waals surface area contributed by atoms with Crippen molar-refractivity contribution < 1.29 is 30.0 Å². The summed E-state index contributed by atoms with van der Waals surface area (Å²) in [6.07, 6.45) is 0.198. The van der Waals surface area contributed by atoms with Gasteiger partial charge in [0.15, 0.2) is 0 Å². The van der Waals surface area contributed by atoms with Crippen LogP contribution in [-0.4, -0.2) is 83.3 Å². The van der Waals surface area contributed by atoms with Gasteiger partial charge in [-0.05, 0) is 6.92 Å². The summed E-state index contributed by atoms with van der Waals surface area (Å²) in [6.45, 7) is 1.25. The number of ether oxygens (including phenoxy) is 1. The summed E-state index contributed by atoms with van der Waals surface area (Å²) in [6, 6.07) is 0. The lowest BCUT2D eigenvalue weighted by Crippen LogP contribution is -2.58. The minimum absolute atomic E-state index is 0.117. The minimum Gasteiger partial charge on any atom is -0.394 e. The van der Waals surface area contributed by atoms with Crippen molar-refractivity contribution in [2.24, 2.45) is 0 Å². The highest BCUT2D eigenvalue weighted by Crippen LogP contribution is 2.30. The van der Waals surface area contributed by atoms with Crippen LogP contribution in [0, 0.1) is 6.92 Å². The molecule has 31 heavy (non-hydrogen) atoms. The van der Waals surface area contributed by atoms with Gasteiger partial charge in [-0.1, -0.05) is 0 Å². The van der Waals surface area contributed by atoms with Crippen LogP contribution in [0.1, 0.15) is 25.3 Å². The van der Waals surface area contributed by atoms with Crippen LogP contribution < -0.4 is 0 Å². The summed E-state index contributed by atoms with van der Waals surface area (Å²) in [5.41, 5.74) is 1.17. The monoisotopic (exact) mass is 464 g/mol. The number of carbonyl (C=O) groups is 1. The molecular weight excluding hydrogens is 444 g/mol. The van der Waals surface area contributed by atoms with Gasteiger partial charge in [-0.3, -0.25) is 14.8 Å². The number of carbonyl (C=O) groups excluding carboxylic acids is 1. The topological polar surface area (TPSA) is 159 Å². The Kier molecular flexibility index (Phi) is 6.48. The molecule has 12 heteroatoms. The quantitative estimate of drug-likeness (QED) is 0.365. The summed E-state index contributed by atoms with van der Waals surface area (Å²) in [4.78, 5) is 30.8. The number of aryl methyl sites for hydroxylation is 1. The molecule has 0 bridgehead atoms. The number of hydrogen-bond acceptors (Lipinski definition) is 12. The summed E-state index contributed by atoms with van der Waals surface area (Å²) >= 11 is 2.38. The number of rotatable bonds is 6. The van der Waals surface area contributed by atoms with Crippen molar-refractivity contribution in [3.05, 3.63) is 45.2 Å². The molecule has 4 heterocycles. The maximum Gasteiger partial charge on any atom is 0.216 e. The molecule has 4 N–H and O–H groups in total. The molecule has 0 aromatic carbocycles. The second-order valence-corrected chi connectivity index (χ2v) is 9.16. The van der Waals surface area contributed by atoms with Crippen LogP contribution in [0.15, 0.2) is 24.8 Å². The molecule has 0 aliphatic carbocycles. The Morgan fingerprint density at radius 3 is 2.55 bits per heavy atom. The molecule has 4 rings (SSSR count). The second kappa shape index (κ2) is 9.12. The van der Waals surface area contributed by atoms with E-state index in [0.29, 0.717) is 31.2 Å². The van der Waals surface area contributed by atoms with Crippen LogP contribution in [0.5, 0.6) is 0 Å². The molecule has 0 amide bonds. The van der Waals surface area contributed by atoms with Crippen molar-refractivity contribution in [3.8, 4) is 10.7 Å². The predicted molar refractivity (Wildman–Crippen MR) is 111 cm³/mol. The molecule has 0 radical (unpaired) electrons. The Balaban J connectivity index is 1.50. The molecule has 0 spiro atoms. The fourth-order valence-electron chi connectivity index (χ4n) is 3.27. The largest absolute Gasteiger partial charge is 0.394 e. The van der Waals surface area contributed by atoms with Crippen molar-refractivity contribution in [2.75, 3.05) is 6.61 Å². The van der Waals surface area contributed by atoms with Gasteiger partial charge in [-0.15, -0.1) is 22.7 Å². The molecule has 3 aromatic heterocycles. The smallest absolute Gasteiger partial charge is 0.216 e. The van der Waals surface area contributed by atoms with Crippen LogP contribution in [0.3, 0.4) is 0 Å². The van der Waals surface area contributed by atoms with Gasteiger partial charge in [0, 0.05) is 25.0 Å². The van der Waals surface area contributed by atoms with Gasteiger partial charge < -0.3 is 25.2 Å². The number of hydrogen-bond donors (Lipinski definition) is 4. The van der Waals surface area contributed by atoms with Crippen molar-refractivity contribution in [2.45, 2.75) is 43.9 Å². The zero-order chi connectivity index (χ0) is 22.1. The maximum absolute atomic E-state index is 13.0. The fraction of sp³-hybridized carbons (Fsp3) is 0.421. The van der Waals surface area contributed by atoms with E-state index in [9.17, 15) is 25.2 Å². The normalized spacial score (nSPS) is 26.2. The van der Waals surface area contributed by atoms with E-state index in [-0.39, 0.29) is 12.2 Å². The van der Waals surface area contributed by atoms with Crippen LogP contribution in [0.2, 0.25) is 0 Å². The first-order valence-corrected chi connectivity index (χ1v) is 11.1. The van der Waals surface area contributed by atoms with Crippen molar-refractivity contribution >= 4 is 28.5 Å². The third-order valence-electron chi connectivity index (χ3n) is 4.93. The SMILES string of the molecule is Cc1nc(-c2cnccn2)sc1C(=O)c1cnc(C[C@H]2OC(CO)[C@@H](O)C(O)C2O)s1. The summed E-state index contributed by atoms with van der Waals surface area (Å²) in [5.74, 6) is -0.220. The maximum atomic E-state index is 13.0. The molecule has 3 aromatic rings.